The Morgan fingerprint density at radius 2 is 1.92 bits per heavy atom. The number of halogens is 2. The van der Waals surface area contributed by atoms with Gasteiger partial charge in [0, 0.05) is 29.1 Å². The van der Waals surface area contributed by atoms with Crippen molar-refractivity contribution in [2.75, 3.05) is 18.8 Å². The van der Waals surface area contributed by atoms with E-state index in [1.54, 1.807) is 18.2 Å². The Bertz CT molecular complexity index is 724. The highest BCUT2D eigenvalue weighted by Gasteiger charge is 2.23. The van der Waals surface area contributed by atoms with Crippen LogP contribution >= 0.6 is 23.4 Å². The van der Waals surface area contributed by atoms with Crippen LogP contribution in [0.25, 0.3) is 0 Å². The van der Waals surface area contributed by atoms with Crippen LogP contribution in [-0.4, -0.2) is 29.6 Å². The molecule has 0 bridgehead atoms. The molecule has 0 N–H and O–H groups in total. The second-order valence-electron chi connectivity index (χ2n) is 5.82. The summed E-state index contributed by atoms with van der Waals surface area (Å²) in [4.78, 5) is 14.4. The molecule has 2 aromatic carbocycles. The topological polar surface area (TPSA) is 20.3 Å². The van der Waals surface area contributed by atoms with Crippen LogP contribution < -0.4 is 0 Å². The first-order valence-electron chi connectivity index (χ1n) is 8.02. The number of carbonyl (C=O) groups excluding carboxylic acids is 1. The Morgan fingerprint density at radius 1 is 1.17 bits per heavy atom. The normalized spacial score (nSPS) is 18.2. The summed E-state index contributed by atoms with van der Waals surface area (Å²) in [6.07, 6.45) is 0.978. The maximum atomic E-state index is 13.7. The van der Waals surface area contributed by atoms with E-state index in [2.05, 4.69) is 6.07 Å². The molecule has 2 aromatic rings. The molecular formula is C19H19ClFNOS. The largest absolute Gasteiger partial charge is 0.342 e. The van der Waals surface area contributed by atoms with Crippen LogP contribution in [0.3, 0.4) is 0 Å². The summed E-state index contributed by atoms with van der Waals surface area (Å²) in [5.74, 6) is 0.531. The minimum atomic E-state index is -0.316. The summed E-state index contributed by atoms with van der Waals surface area (Å²) < 4.78 is 13.7. The van der Waals surface area contributed by atoms with Gasteiger partial charge in [0.2, 0.25) is 5.91 Å². The SMILES string of the molecule is O=C(Cc1ccccc1F)N1CCSC(c2ccccc2Cl)CC1. The van der Waals surface area contributed by atoms with Crippen molar-refractivity contribution in [3.63, 3.8) is 0 Å². The van der Waals surface area contributed by atoms with Crippen LogP contribution in [0.2, 0.25) is 5.02 Å². The third-order valence-electron chi connectivity index (χ3n) is 4.25. The average molecular weight is 364 g/mol. The van der Waals surface area contributed by atoms with Crippen molar-refractivity contribution in [3.8, 4) is 0 Å². The van der Waals surface area contributed by atoms with E-state index in [-0.39, 0.29) is 18.1 Å². The Morgan fingerprint density at radius 3 is 2.71 bits per heavy atom. The summed E-state index contributed by atoms with van der Waals surface area (Å²) in [5.41, 5.74) is 1.59. The number of amides is 1. The molecule has 1 heterocycles. The molecule has 24 heavy (non-hydrogen) atoms. The molecule has 126 valence electrons. The summed E-state index contributed by atoms with van der Waals surface area (Å²) in [6.45, 7) is 1.37. The maximum absolute atomic E-state index is 13.7. The third kappa shape index (κ3) is 4.11. The molecule has 5 heteroatoms. The molecule has 1 saturated heterocycles. The summed E-state index contributed by atoms with van der Waals surface area (Å²) in [7, 11) is 0. The summed E-state index contributed by atoms with van der Waals surface area (Å²) in [5, 5.41) is 1.08. The van der Waals surface area contributed by atoms with Crippen molar-refractivity contribution < 1.29 is 9.18 Å². The molecule has 0 aromatic heterocycles. The van der Waals surface area contributed by atoms with Gasteiger partial charge in [0.05, 0.1) is 6.42 Å². The third-order valence-corrected chi connectivity index (χ3v) is 5.90. The van der Waals surface area contributed by atoms with E-state index in [1.165, 1.54) is 6.07 Å². The lowest BCUT2D eigenvalue weighted by molar-refractivity contribution is -0.130. The van der Waals surface area contributed by atoms with Gasteiger partial charge in [-0.15, -0.1) is 0 Å². The molecular weight excluding hydrogens is 345 g/mol. The van der Waals surface area contributed by atoms with Crippen molar-refractivity contribution >= 4 is 29.3 Å². The predicted octanol–water partition coefficient (Wildman–Crippen LogP) is 4.73. The zero-order chi connectivity index (χ0) is 16.9. The van der Waals surface area contributed by atoms with Crippen LogP contribution in [-0.2, 0) is 11.2 Å². The van der Waals surface area contributed by atoms with Crippen molar-refractivity contribution in [2.24, 2.45) is 0 Å². The molecule has 0 saturated carbocycles. The first kappa shape index (κ1) is 17.3. The fraction of sp³-hybridized carbons (Fsp3) is 0.316. The number of benzene rings is 2. The molecule has 1 unspecified atom stereocenters. The fourth-order valence-electron chi connectivity index (χ4n) is 2.92. The van der Waals surface area contributed by atoms with Crippen LogP contribution in [0.4, 0.5) is 4.39 Å². The molecule has 2 nitrogen and oxygen atoms in total. The monoisotopic (exact) mass is 363 g/mol. The quantitative estimate of drug-likeness (QED) is 0.785. The van der Waals surface area contributed by atoms with Gasteiger partial charge in [0.15, 0.2) is 0 Å². The van der Waals surface area contributed by atoms with Crippen LogP contribution in [0.1, 0.15) is 22.8 Å². The van der Waals surface area contributed by atoms with Gasteiger partial charge in [-0.3, -0.25) is 4.79 Å². The van der Waals surface area contributed by atoms with Gasteiger partial charge in [-0.25, -0.2) is 4.39 Å². The number of thioether (sulfide) groups is 1. The van der Waals surface area contributed by atoms with E-state index < -0.39 is 0 Å². The van der Waals surface area contributed by atoms with Gasteiger partial charge >= 0.3 is 0 Å². The van der Waals surface area contributed by atoms with Crippen LogP contribution in [0.5, 0.6) is 0 Å². The molecule has 1 fully saturated rings. The molecule has 1 amide bonds. The first-order valence-corrected chi connectivity index (χ1v) is 9.45. The van der Waals surface area contributed by atoms with E-state index in [4.69, 9.17) is 11.6 Å². The molecule has 0 radical (unpaired) electrons. The zero-order valence-electron chi connectivity index (χ0n) is 13.3. The van der Waals surface area contributed by atoms with E-state index in [1.807, 2.05) is 34.9 Å². The van der Waals surface area contributed by atoms with E-state index in [0.29, 0.717) is 23.9 Å². The highest BCUT2D eigenvalue weighted by Crippen LogP contribution is 2.37. The van der Waals surface area contributed by atoms with E-state index in [0.717, 1.165) is 22.8 Å². The highest BCUT2D eigenvalue weighted by molar-refractivity contribution is 7.99. The lowest BCUT2D eigenvalue weighted by Gasteiger charge is -2.20. The van der Waals surface area contributed by atoms with Gasteiger partial charge in [0.1, 0.15) is 5.82 Å². The number of hydrogen-bond donors (Lipinski definition) is 0. The Balaban J connectivity index is 1.64. The number of hydrogen-bond acceptors (Lipinski definition) is 2. The van der Waals surface area contributed by atoms with Crippen molar-refractivity contribution in [2.45, 2.75) is 18.1 Å². The summed E-state index contributed by atoms with van der Waals surface area (Å²) in [6, 6.07) is 14.4. The molecule has 3 rings (SSSR count). The second kappa shape index (κ2) is 8.04. The number of nitrogens with zero attached hydrogens (tertiary/aromatic N) is 1. The van der Waals surface area contributed by atoms with E-state index >= 15 is 0 Å². The van der Waals surface area contributed by atoms with Gasteiger partial charge in [0.25, 0.3) is 0 Å². The predicted molar refractivity (Wildman–Crippen MR) is 98.0 cm³/mol. The Kier molecular flexibility index (Phi) is 5.80. The van der Waals surface area contributed by atoms with Crippen molar-refractivity contribution in [1.82, 2.24) is 4.90 Å². The lowest BCUT2D eigenvalue weighted by Crippen LogP contribution is -2.34. The Labute approximate surface area is 151 Å². The van der Waals surface area contributed by atoms with Crippen molar-refractivity contribution in [3.05, 3.63) is 70.5 Å². The molecule has 0 aliphatic carbocycles. The van der Waals surface area contributed by atoms with Crippen molar-refractivity contribution in [1.29, 1.82) is 0 Å². The molecule has 1 aliphatic rings. The fourth-order valence-corrected chi connectivity index (χ4v) is 4.52. The van der Waals surface area contributed by atoms with E-state index in [9.17, 15) is 9.18 Å². The minimum absolute atomic E-state index is 0.0134. The van der Waals surface area contributed by atoms with Crippen LogP contribution in [0, 0.1) is 5.82 Å². The first-order chi connectivity index (χ1) is 11.6. The average Bonchev–Trinajstić information content (AvgIpc) is 2.83. The van der Waals surface area contributed by atoms with Gasteiger partial charge in [-0.2, -0.15) is 11.8 Å². The summed E-state index contributed by atoms with van der Waals surface area (Å²) >= 11 is 8.13. The second-order valence-corrected chi connectivity index (χ2v) is 7.54. The number of carbonyl (C=O) groups is 1. The molecule has 1 atom stereocenters. The maximum Gasteiger partial charge on any atom is 0.227 e. The molecule has 0 spiro atoms. The lowest BCUT2D eigenvalue weighted by atomic mass is 10.1. The standard InChI is InChI=1S/C19H19ClFNOS/c20-16-7-3-2-6-15(16)18-9-10-22(11-12-24-18)19(23)13-14-5-1-4-8-17(14)21/h1-8,18H,9-13H2. The van der Waals surface area contributed by atoms with Gasteiger partial charge in [-0.1, -0.05) is 48.0 Å². The van der Waals surface area contributed by atoms with Gasteiger partial charge < -0.3 is 4.90 Å². The minimum Gasteiger partial charge on any atom is -0.342 e. The smallest absolute Gasteiger partial charge is 0.227 e. The number of rotatable bonds is 3. The molecule has 1 aliphatic heterocycles. The Hall–Kier alpha value is -1.52. The zero-order valence-corrected chi connectivity index (χ0v) is 14.8. The van der Waals surface area contributed by atoms with Gasteiger partial charge in [-0.05, 0) is 29.7 Å². The highest BCUT2D eigenvalue weighted by atomic mass is 35.5. The van der Waals surface area contributed by atoms with Crippen LogP contribution in [0.15, 0.2) is 48.5 Å².